The molecule has 0 bridgehead atoms. The third kappa shape index (κ3) is 2.87. The second-order valence-corrected chi connectivity index (χ2v) is 8.01. The van der Waals surface area contributed by atoms with Crippen LogP contribution < -0.4 is 0 Å². The fourth-order valence-electron chi connectivity index (χ4n) is 4.54. The Balaban J connectivity index is 1.47. The molecule has 0 aliphatic carbocycles. The quantitative estimate of drug-likeness (QED) is 0.431. The highest BCUT2D eigenvalue weighted by atomic mass is 16.5. The van der Waals surface area contributed by atoms with Crippen molar-refractivity contribution in [2.75, 3.05) is 6.54 Å². The Hall–Kier alpha value is -4.07. The van der Waals surface area contributed by atoms with Crippen LogP contribution in [-0.4, -0.2) is 42.1 Å². The van der Waals surface area contributed by atoms with Crippen LogP contribution in [0.15, 0.2) is 65.3 Å². The van der Waals surface area contributed by atoms with Crippen molar-refractivity contribution in [1.82, 2.24) is 29.6 Å². The molecule has 0 unspecified atom stereocenters. The molecule has 5 heterocycles. The topological polar surface area (TPSA) is 89.4 Å². The Morgan fingerprint density at radius 2 is 1.94 bits per heavy atom. The van der Waals surface area contributed by atoms with Gasteiger partial charge in [-0.3, -0.25) is 9.20 Å². The molecule has 1 aliphatic heterocycles. The fraction of sp³-hybridized carbons (Fsp3) is 0.208. The van der Waals surface area contributed by atoms with Crippen LogP contribution in [-0.2, 0) is 0 Å². The number of benzene rings is 1. The predicted octanol–water partition coefficient (Wildman–Crippen LogP) is 4.22. The molecule has 6 rings (SSSR count). The SMILES string of the molecule is Cc1noc2nc(-c3ccccc3)cc(C(=O)N3CCC[C@H]3c3nnc4ccccn34)c12. The van der Waals surface area contributed by atoms with E-state index in [-0.39, 0.29) is 11.9 Å². The van der Waals surface area contributed by atoms with Gasteiger partial charge in [0, 0.05) is 18.3 Å². The van der Waals surface area contributed by atoms with Gasteiger partial charge in [0.05, 0.1) is 28.4 Å². The van der Waals surface area contributed by atoms with Crippen molar-refractivity contribution in [2.45, 2.75) is 25.8 Å². The van der Waals surface area contributed by atoms with Crippen LogP contribution in [0.5, 0.6) is 0 Å². The largest absolute Gasteiger partial charge is 0.335 e. The molecule has 0 radical (unpaired) electrons. The van der Waals surface area contributed by atoms with Gasteiger partial charge in [-0.05, 0) is 38.0 Å². The average molecular weight is 424 g/mol. The second-order valence-electron chi connectivity index (χ2n) is 8.01. The number of amides is 1. The van der Waals surface area contributed by atoms with E-state index in [1.54, 1.807) is 0 Å². The summed E-state index contributed by atoms with van der Waals surface area (Å²) in [5.41, 5.74) is 3.94. The van der Waals surface area contributed by atoms with E-state index >= 15 is 0 Å². The van der Waals surface area contributed by atoms with Gasteiger partial charge in [-0.1, -0.05) is 41.6 Å². The number of carbonyl (C=O) groups is 1. The minimum Gasteiger partial charge on any atom is -0.335 e. The Kier molecular flexibility index (Phi) is 4.24. The van der Waals surface area contributed by atoms with Crippen LogP contribution in [0.3, 0.4) is 0 Å². The molecule has 1 saturated heterocycles. The molecule has 0 N–H and O–H groups in total. The highest BCUT2D eigenvalue weighted by Gasteiger charge is 2.35. The van der Waals surface area contributed by atoms with Crippen LogP contribution in [0.25, 0.3) is 28.0 Å². The first-order valence-electron chi connectivity index (χ1n) is 10.6. The number of hydrogen-bond donors (Lipinski definition) is 0. The average Bonchev–Trinajstić information content (AvgIpc) is 3.57. The summed E-state index contributed by atoms with van der Waals surface area (Å²) in [6, 6.07) is 17.3. The zero-order chi connectivity index (χ0) is 21.7. The molecule has 5 aromatic rings. The van der Waals surface area contributed by atoms with Crippen molar-refractivity contribution in [1.29, 1.82) is 0 Å². The van der Waals surface area contributed by atoms with Crippen LogP contribution in [0.1, 0.15) is 40.8 Å². The number of rotatable bonds is 3. The van der Waals surface area contributed by atoms with Crippen molar-refractivity contribution in [3.8, 4) is 11.3 Å². The third-order valence-corrected chi connectivity index (χ3v) is 6.07. The van der Waals surface area contributed by atoms with Crippen LogP contribution >= 0.6 is 0 Å². The standard InChI is InChI=1S/C24H20N6O2/c1-15-21-17(14-18(25-23(21)32-28-15)16-8-3-2-4-9-16)24(31)29-13-7-10-19(29)22-27-26-20-11-5-6-12-30(20)22/h2-6,8-9,11-12,14,19H,7,10,13H2,1H3/t19-/m0/s1. The lowest BCUT2D eigenvalue weighted by molar-refractivity contribution is 0.0731. The zero-order valence-corrected chi connectivity index (χ0v) is 17.5. The van der Waals surface area contributed by atoms with Gasteiger partial charge in [0.25, 0.3) is 11.6 Å². The smallest absolute Gasteiger partial charge is 0.259 e. The van der Waals surface area contributed by atoms with Gasteiger partial charge in [-0.2, -0.15) is 0 Å². The summed E-state index contributed by atoms with van der Waals surface area (Å²) in [6.07, 6.45) is 3.68. The van der Waals surface area contributed by atoms with E-state index in [1.807, 2.05) is 77.0 Å². The monoisotopic (exact) mass is 424 g/mol. The van der Waals surface area contributed by atoms with E-state index in [9.17, 15) is 4.79 Å². The number of aryl methyl sites for hydroxylation is 1. The molecule has 1 aromatic carbocycles. The predicted molar refractivity (Wildman–Crippen MR) is 118 cm³/mol. The Morgan fingerprint density at radius 1 is 1.09 bits per heavy atom. The van der Waals surface area contributed by atoms with Crippen LogP contribution in [0.4, 0.5) is 0 Å². The van der Waals surface area contributed by atoms with Crippen molar-refractivity contribution in [3.05, 3.63) is 77.9 Å². The highest BCUT2D eigenvalue weighted by molar-refractivity contribution is 6.07. The molecule has 0 saturated carbocycles. The molecular formula is C24H20N6O2. The second kappa shape index (κ2) is 7.26. The molecule has 0 spiro atoms. The summed E-state index contributed by atoms with van der Waals surface area (Å²) in [7, 11) is 0. The lowest BCUT2D eigenvalue weighted by Gasteiger charge is -2.24. The molecular weight excluding hydrogens is 404 g/mol. The van der Waals surface area contributed by atoms with E-state index < -0.39 is 0 Å². The van der Waals surface area contributed by atoms with Gasteiger partial charge in [0.2, 0.25) is 0 Å². The first-order valence-corrected chi connectivity index (χ1v) is 10.6. The first-order chi connectivity index (χ1) is 15.7. The number of carbonyl (C=O) groups excluding carboxylic acids is 1. The number of pyridine rings is 2. The van der Waals surface area contributed by atoms with Gasteiger partial charge >= 0.3 is 0 Å². The third-order valence-electron chi connectivity index (χ3n) is 6.07. The Bertz CT molecular complexity index is 1460. The van der Waals surface area contributed by atoms with Crippen molar-refractivity contribution in [3.63, 3.8) is 0 Å². The molecule has 1 atom stereocenters. The van der Waals surface area contributed by atoms with Crippen LogP contribution in [0, 0.1) is 6.92 Å². The van der Waals surface area contributed by atoms with Gasteiger partial charge in [-0.25, -0.2) is 4.98 Å². The number of aromatic nitrogens is 5. The van der Waals surface area contributed by atoms with E-state index in [2.05, 4.69) is 20.3 Å². The first kappa shape index (κ1) is 18.7. The minimum atomic E-state index is -0.150. The van der Waals surface area contributed by atoms with Crippen molar-refractivity contribution in [2.24, 2.45) is 0 Å². The van der Waals surface area contributed by atoms with E-state index in [0.717, 1.165) is 29.9 Å². The normalized spacial score (nSPS) is 16.3. The van der Waals surface area contributed by atoms with Crippen LogP contribution in [0.2, 0.25) is 0 Å². The summed E-state index contributed by atoms with van der Waals surface area (Å²) in [5.74, 6) is 0.707. The Morgan fingerprint density at radius 3 is 2.81 bits per heavy atom. The summed E-state index contributed by atoms with van der Waals surface area (Å²) in [4.78, 5) is 20.4. The molecule has 1 amide bonds. The maximum absolute atomic E-state index is 13.9. The molecule has 8 nitrogen and oxygen atoms in total. The molecule has 1 fully saturated rings. The van der Waals surface area contributed by atoms with E-state index in [1.165, 1.54) is 0 Å². The fourth-order valence-corrected chi connectivity index (χ4v) is 4.54. The van der Waals surface area contributed by atoms with E-state index in [0.29, 0.717) is 34.6 Å². The maximum atomic E-state index is 13.9. The highest BCUT2D eigenvalue weighted by Crippen LogP contribution is 2.35. The van der Waals surface area contributed by atoms with E-state index in [4.69, 9.17) is 4.52 Å². The number of nitrogens with zero attached hydrogens (tertiary/aromatic N) is 6. The van der Waals surface area contributed by atoms with Gasteiger partial charge in [0.1, 0.15) is 0 Å². The van der Waals surface area contributed by atoms with Gasteiger partial charge < -0.3 is 9.42 Å². The molecule has 8 heteroatoms. The summed E-state index contributed by atoms with van der Waals surface area (Å²) < 4.78 is 7.42. The minimum absolute atomic E-state index is 0.0731. The molecule has 1 aliphatic rings. The number of hydrogen-bond acceptors (Lipinski definition) is 6. The Labute approximate surface area is 183 Å². The number of fused-ring (bicyclic) bond motifs is 2. The number of likely N-dealkylation sites (tertiary alicyclic amines) is 1. The maximum Gasteiger partial charge on any atom is 0.259 e. The zero-order valence-electron chi connectivity index (χ0n) is 17.5. The lowest BCUT2D eigenvalue weighted by Crippen LogP contribution is -2.31. The molecule has 4 aromatic heterocycles. The molecule has 32 heavy (non-hydrogen) atoms. The lowest BCUT2D eigenvalue weighted by atomic mass is 10.0. The summed E-state index contributed by atoms with van der Waals surface area (Å²) in [5, 5.41) is 13.4. The summed E-state index contributed by atoms with van der Waals surface area (Å²) >= 11 is 0. The summed E-state index contributed by atoms with van der Waals surface area (Å²) in [6.45, 7) is 2.49. The van der Waals surface area contributed by atoms with Crippen molar-refractivity contribution < 1.29 is 9.32 Å². The van der Waals surface area contributed by atoms with Gasteiger partial charge in [0.15, 0.2) is 11.5 Å². The van der Waals surface area contributed by atoms with Gasteiger partial charge in [-0.15, -0.1) is 10.2 Å². The van der Waals surface area contributed by atoms with Crippen molar-refractivity contribution >= 4 is 22.7 Å². The molecule has 158 valence electrons.